The minimum atomic E-state index is -0.311. The van der Waals surface area contributed by atoms with Crippen molar-refractivity contribution < 1.29 is 19.0 Å². The predicted octanol–water partition coefficient (Wildman–Crippen LogP) is 4.52. The summed E-state index contributed by atoms with van der Waals surface area (Å²) in [6.45, 7) is 7.95. The van der Waals surface area contributed by atoms with Crippen molar-refractivity contribution in [2.75, 3.05) is 40.4 Å². The van der Waals surface area contributed by atoms with Gasteiger partial charge in [-0.2, -0.15) is 0 Å². The molecule has 2 atom stereocenters. The third-order valence-corrected chi connectivity index (χ3v) is 6.53. The van der Waals surface area contributed by atoms with Gasteiger partial charge in [0.15, 0.2) is 0 Å². The van der Waals surface area contributed by atoms with E-state index in [1.165, 1.54) is 5.56 Å². The minimum absolute atomic E-state index is 0.111. The van der Waals surface area contributed by atoms with Crippen LogP contribution >= 0.6 is 0 Å². The zero-order valence-electron chi connectivity index (χ0n) is 20.9. The smallest absolute Gasteiger partial charge is 0.313 e. The zero-order valence-corrected chi connectivity index (χ0v) is 20.9. The van der Waals surface area contributed by atoms with Crippen LogP contribution in [0.15, 0.2) is 54.6 Å². The molecule has 0 radical (unpaired) electrons. The number of benzene rings is 2. The van der Waals surface area contributed by atoms with Crippen molar-refractivity contribution in [1.82, 2.24) is 9.80 Å². The van der Waals surface area contributed by atoms with Gasteiger partial charge in [0.1, 0.15) is 5.75 Å². The third kappa shape index (κ3) is 8.20. The molecule has 0 N–H and O–H groups in total. The van der Waals surface area contributed by atoms with Crippen molar-refractivity contribution >= 4 is 5.97 Å². The van der Waals surface area contributed by atoms with E-state index < -0.39 is 0 Å². The molecule has 2 aromatic rings. The topological polar surface area (TPSA) is 51.2 Å². The van der Waals surface area contributed by atoms with Crippen molar-refractivity contribution in [3.63, 3.8) is 0 Å². The first kappa shape index (κ1) is 26.4. The second-order valence-corrected chi connectivity index (χ2v) is 9.01. The summed E-state index contributed by atoms with van der Waals surface area (Å²) in [6.07, 6.45) is 2.73. The maximum Gasteiger partial charge on any atom is 0.313 e. The summed E-state index contributed by atoms with van der Waals surface area (Å²) in [4.78, 5) is 17.7. The molecule has 0 aliphatic carbocycles. The van der Waals surface area contributed by atoms with Gasteiger partial charge in [-0.1, -0.05) is 68.3 Å². The van der Waals surface area contributed by atoms with Gasteiger partial charge in [0.25, 0.3) is 0 Å². The number of hydrogen-bond donors (Lipinski definition) is 0. The van der Waals surface area contributed by atoms with Crippen LogP contribution in [-0.2, 0) is 27.4 Å². The summed E-state index contributed by atoms with van der Waals surface area (Å²) >= 11 is 0. The van der Waals surface area contributed by atoms with Gasteiger partial charge in [-0.25, -0.2) is 0 Å². The maximum absolute atomic E-state index is 12.8. The third-order valence-electron chi connectivity index (χ3n) is 6.53. The van der Waals surface area contributed by atoms with E-state index >= 15 is 0 Å². The Balaban J connectivity index is 1.52. The Morgan fingerprint density at radius 2 is 1.47 bits per heavy atom. The van der Waals surface area contributed by atoms with Gasteiger partial charge >= 0.3 is 5.97 Å². The van der Waals surface area contributed by atoms with Gasteiger partial charge in [0.2, 0.25) is 0 Å². The zero-order chi connectivity index (χ0) is 24.2. The Hall–Kier alpha value is -2.25. The molecule has 3 rings (SSSR count). The molecule has 0 spiro atoms. The van der Waals surface area contributed by atoms with E-state index in [1.54, 1.807) is 14.2 Å². The monoisotopic (exact) mass is 468 g/mol. The lowest BCUT2D eigenvalue weighted by molar-refractivity contribution is -0.140. The number of methoxy groups -OCH3 is 2. The summed E-state index contributed by atoms with van der Waals surface area (Å²) in [5.41, 5.74) is 2.39. The van der Waals surface area contributed by atoms with Crippen molar-refractivity contribution in [2.24, 2.45) is 0 Å². The van der Waals surface area contributed by atoms with Crippen LogP contribution in [0.4, 0.5) is 0 Å². The minimum Gasteiger partial charge on any atom is -0.426 e. The summed E-state index contributed by atoms with van der Waals surface area (Å²) in [7, 11) is 3.30. The fraction of sp³-hybridized carbons (Fsp3) is 0.536. The Morgan fingerprint density at radius 3 is 2.12 bits per heavy atom. The number of rotatable bonds is 13. The fourth-order valence-electron chi connectivity index (χ4n) is 4.48. The van der Waals surface area contributed by atoms with Gasteiger partial charge in [0, 0.05) is 59.1 Å². The molecule has 1 aliphatic heterocycles. The van der Waals surface area contributed by atoms with Crippen LogP contribution in [0.2, 0.25) is 0 Å². The summed E-state index contributed by atoms with van der Waals surface area (Å²) in [5, 5.41) is 0. The van der Waals surface area contributed by atoms with Crippen LogP contribution in [-0.4, -0.2) is 68.4 Å². The van der Waals surface area contributed by atoms with Crippen LogP contribution < -0.4 is 4.74 Å². The number of para-hydroxylation sites is 1. The SMILES string of the molecule is CCCCC(OC)C(CC(=O)Oc1ccccc1CN1CCN(Cc2ccccc2)CC1)OC. The van der Waals surface area contributed by atoms with Crippen molar-refractivity contribution in [3.8, 4) is 5.75 Å². The molecule has 1 heterocycles. The molecule has 1 aliphatic rings. The van der Waals surface area contributed by atoms with Crippen LogP contribution in [0.5, 0.6) is 5.75 Å². The van der Waals surface area contributed by atoms with Crippen LogP contribution in [0, 0.1) is 0 Å². The Kier molecular flexibility index (Phi) is 11.0. The number of ether oxygens (including phenoxy) is 3. The van der Waals surface area contributed by atoms with E-state index in [0.717, 1.165) is 64.1 Å². The molecule has 0 amide bonds. The van der Waals surface area contributed by atoms with Gasteiger partial charge in [-0.3, -0.25) is 14.6 Å². The molecular weight excluding hydrogens is 428 g/mol. The Labute approximate surface area is 204 Å². The van der Waals surface area contributed by atoms with E-state index in [9.17, 15) is 4.79 Å². The molecule has 2 aromatic carbocycles. The first-order valence-corrected chi connectivity index (χ1v) is 12.5. The molecular formula is C28H40N2O4. The van der Waals surface area contributed by atoms with Gasteiger partial charge in [-0.05, 0) is 18.1 Å². The van der Waals surface area contributed by atoms with Crippen molar-refractivity contribution in [2.45, 2.75) is 57.9 Å². The number of piperazine rings is 1. The first-order valence-electron chi connectivity index (χ1n) is 12.5. The number of carbonyl (C=O) groups is 1. The lowest BCUT2D eigenvalue weighted by Gasteiger charge is -2.35. The maximum atomic E-state index is 12.8. The molecule has 2 unspecified atom stereocenters. The molecule has 6 nitrogen and oxygen atoms in total. The fourth-order valence-corrected chi connectivity index (χ4v) is 4.48. The van der Waals surface area contributed by atoms with Gasteiger partial charge in [-0.15, -0.1) is 0 Å². The second-order valence-electron chi connectivity index (χ2n) is 9.01. The summed E-state index contributed by atoms with van der Waals surface area (Å²) in [5.74, 6) is 0.349. The largest absolute Gasteiger partial charge is 0.426 e. The van der Waals surface area contributed by atoms with Crippen LogP contribution in [0.1, 0.15) is 43.7 Å². The molecule has 1 saturated heterocycles. The highest BCUT2D eigenvalue weighted by Crippen LogP contribution is 2.23. The molecule has 1 fully saturated rings. The number of carbonyl (C=O) groups excluding carboxylic acids is 1. The Bertz CT molecular complexity index is 852. The van der Waals surface area contributed by atoms with Crippen molar-refractivity contribution in [1.29, 1.82) is 0 Å². The lowest BCUT2D eigenvalue weighted by Crippen LogP contribution is -2.45. The molecule has 6 heteroatoms. The Morgan fingerprint density at radius 1 is 0.853 bits per heavy atom. The molecule has 0 bridgehead atoms. The molecule has 0 aromatic heterocycles. The quantitative estimate of drug-likeness (QED) is 0.318. The highest BCUT2D eigenvalue weighted by atomic mass is 16.5. The summed E-state index contributed by atoms with van der Waals surface area (Å²) < 4.78 is 17.0. The summed E-state index contributed by atoms with van der Waals surface area (Å²) in [6, 6.07) is 18.5. The number of hydrogen-bond acceptors (Lipinski definition) is 6. The van der Waals surface area contributed by atoms with E-state index in [0.29, 0.717) is 5.75 Å². The normalized spacial score (nSPS) is 16.8. The number of unbranched alkanes of at least 4 members (excludes halogenated alkanes) is 1. The van der Waals surface area contributed by atoms with E-state index in [4.69, 9.17) is 14.2 Å². The highest BCUT2D eigenvalue weighted by Gasteiger charge is 2.25. The van der Waals surface area contributed by atoms with Gasteiger partial charge in [0.05, 0.1) is 18.6 Å². The molecule has 186 valence electrons. The lowest BCUT2D eigenvalue weighted by atomic mass is 10.0. The average molecular weight is 469 g/mol. The first-order chi connectivity index (χ1) is 16.6. The van der Waals surface area contributed by atoms with Crippen molar-refractivity contribution in [3.05, 3.63) is 65.7 Å². The van der Waals surface area contributed by atoms with Gasteiger partial charge < -0.3 is 14.2 Å². The standard InChI is InChI=1S/C28H40N2O4/c1-4-5-14-26(32-2)27(33-3)20-28(31)34-25-15-10-9-13-24(25)22-30-18-16-29(17-19-30)21-23-11-7-6-8-12-23/h6-13,15,26-27H,4-5,14,16-22H2,1-3H3. The van der Waals surface area contributed by atoms with E-state index in [1.807, 2.05) is 24.3 Å². The van der Waals surface area contributed by atoms with Crippen LogP contribution in [0.25, 0.3) is 0 Å². The van der Waals surface area contributed by atoms with Crippen LogP contribution in [0.3, 0.4) is 0 Å². The predicted molar refractivity (Wildman–Crippen MR) is 135 cm³/mol. The average Bonchev–Trinajstić information content (AvgIpc) is 2.86. The molecule has 0 saturated carbocycles. The van der Waals surface area contributed by atoms with E-state index in [2.05, 4.69) is 47.1 Å². The number of esters is 1. The second kappa shape index (κ2) is 14.2. The molecule has 34 heavy (non-hydrogen) atoms. The number of nitrogens with zero attached hydrogens (tertiary/aromatic N) is 2. The van der Waals surface area contributed by atoms with E-state index in [-0.39, 0.29) is 24.6 Å². The highest BCUT2D eigenvalue weighted by molar-refractivity contribution is 5.73.